The molecule has 0 unspecified atom stereocenters. The number of nitrogens with zero attached hydrogens (tertiary/aromatic N) is 3. The number of hydrogen-bond acceptors (Lipinski definition) is 5. The Morgan fingerprint density at radius 3 is 2.50 bits per heavy atom. The van der Waals surface area contributed by atoms with Crippen LogP contribution in [0.25, 0.3) is 0 Å². The smallest absolute Gasteiger partial charge is 0.266 e. The van der Waals surface area contributed by atoms with E-state index in [0.717, 1.165) is 38.3 Å². The Morgan fingerprint density at radius 2 is 1.88 bits per heavy atom. The highest BCUT2D eigenvalue weighted by Gasteiger charge is 2.40. The van der Waals surface area contributed by atoms with Gasteiger partial charge in [-0.25, -0.2) is 0 Å². The van der Waals surface area contributed by atoms with Crippen molar-refractivity contribution < 1.29 is 4.52 Å². The average Bonchev–Trinajstić information content (AvgIpc) is 2.77. The van der Waals surface area contributed by atoms with Crippen molar-refractivity contribution in [3.8, 4) is 0 Å². The molecule has 2 aliphatic rings. The van der Waals surface area contributed by atoms with Crippen molar-refractivity contribution >= 4 is 5.95 Å². The van der Waals surface area contributed by atoms with Gasteiger partial charge in [-0.2, -0.15) is 4.98 Å². The first-order valence-electron chi connectivity index (χ1n) is 6.16. The largest absolute Gasteiger partial charge is 0.338 e. The van der Waals surface area contributed by atoms with E-state index >= 15 is 0 Å². The third-order valence-corrected chi connectivity index (χ3v) is 3.73. The van der Waals surface area contributed by atoms with Crippen molar-refractivity contribution in [3.63, 3.8) is 0 Å². The molecular weight excluding hydrogens is 204 g/mol. The number of piperidine rings is 1. The van der Waals surface area contributed by atoms with Gasteiger partial charge in [0.25, 0.3) is 5.95 Å². The van der Waals surface area contributed by atoms with Crippen LogP contribution in [0.5, 0.6) is 0 Å². The SMILES string of the molecule is NC1(c2nc(N3CCCCC3)no2)CCC1. The minimum absolute atomic E-state index is 0.332. The van der Waals surface area contributed by atoms with Crippen LogP contribution < -0.4 is 10.6 Å². The lowest BCUT2D eigenvalue weighted by atomic mass is 9.78. The zero-order valence-corrected chi connectivity index (χ0v) is 9.48. The van der Waals surface area contributed by atoms with E-state index < -0.39 is 0 Å². The average molecular weight is 222 g/mol. The van der Waals surface area contributed by atoms with Gasteiger partial charge < -0.3 is 15.2 Å². The van der Waals surface area contributed by atoms with E-state index in [9.17, 15) is 0 Å². The molecule has 0 radical (unpaired) electrons. The van der Waals surface area contributed by atoms with Crippen LogP contribution in [0.3, 0.4) is 0 Å². The van der Waals surface area contributed by atoms with Crippen molar-refractivity contribution in [1.29, 1.82) is 0 Å². The summed E-state index contributed by atoms with van der Waals surface area (Å²) in [6.07, 6.45) is 6.85. The predicted octanol–water partition coefficient (Wildman–Crippen LogP) is 1.40. The standard InChI is InChI=1S/C11H18N4O/c12-11(5-4-6-11)9-13-10(14-16-9)15-7-2-1-3-8-15/h1-8,12H2. The highest BCUT2D eigenvalue weighted by atomic mass is 16.5. The van der Waals surface area contributed by atoms with Gasteiger partial charge in [0.2, 0.25) is 5.89 Å². The summed E-state index contributed by atoms with van der Waals surface area (Å²) in [6, 6.07) is 0. The molecule has 0 bridgehead atoms. The quantitative estimate of drug-likeness (QED) is 0.819. The van der Waals surface area contributed by atoms with Crippen LogP contribution in [0.1, 0.15) is 44.4 Å². The van der Waals surface area contributed by atoms with Crippen molar-refractivity contribution in [2.45, 2.75) is 44.1 Å². The van der Waals surface area contributed by atoms with Crippen LogP contribution in [0.2, 0.25) is 0 Å². The molecule has 0 spiro atoms. The minimum atomic E-state index is -0.332. The molecule has 2 heterocycles. The maximum absolute atomic E-state index is 6.15. The van der Waals surface area contributed by atoms with Gasteiger partial charge in [0.15, 0.2) is 0 Å². The lowest BCUT2D eigenvalue weighted by Crippen LogP contribution is -2.43. The van der Waals surface area contributed by atoms with Gasteiger partial charge in [-0.05, 0) is 43.7 Å². The second-order valence-corrected chi connectivity index (χ2v) is 4.96. The Hall–Kier alpha value is -1.10. The van der Waals surface area contributed by atoms with E-state index in [1.54, 1.807) is 0 Å². The Labute approximate surface area is 95.0 Å². The Balaban J connectivity index is 1.76. The molecular formula is C11H18N4O. The predicted molar refractivity (Wildman–Crippen MR) is 60.1 cm³/mol. The first kappa shape index (κ1) is 10.1. The Morgan fingerprint density at radius 1 is 1.12 bits per heavy atom. The molecule has 3 rings (SSSR count). The summed E-state index contributed by atoms with van der Waals surface area (Å²) >= 11 is 0. The van der Waals surface area contributed by atoms with Crippen molar-refractivity contribution in [2.24, 2.45) is 5.73 Å². The normalized spacial score (nSPS) is 24.2. The second kappa shape index (κ2) is 3.73. The van der Waals surface area contributed by atoms with Crippen molar-refractivity contribution in [2.75, 3.05) is 18.0 Å². The first-order chi connectivity index (χ1) is 7.78. The van der Waals surface area contributed by atoms with Gasteiger partial charge >= 0.3 is 0 Å². The fraction of sp³-hybridized carbons (Fsp3) is 0.818. The fourth-order valence-corrected chi connectivity index (χ4v) is 2.41. The number of anilines is 1. The zero-order valence-electron chi connectivity index (χ0n) is 9.48. The summed E-state index contributed by atoms with van der Waals surface area (Å²) in [7, 11) is 0. The van der Waals surface area contributed by atoms with Crippen molar-refractivity contribution in [3.05, 3.63) is 5.89 Å². The molecule has 5 nitrogen and oxygen atoms in total. The number of rotatable bonds is 2. The van der Waals surface area contributed by atoms with E-state index in [2.05, 4.69) is 15.0 Å². The topological polar surface area (TPSA) is 68.2 Å². The minimum Gasteiger partial charge on any atom is -0.338 e. The third-order valence-electron chi connectivity index (χ3n) is 3.73. The van der Waals surface area contributed by atoms with Crippen LogP contribution in [0.15, 0.2) is 4.52 Å². The summed E-state index contributed by atoms with van der Waals surface area (Å²) in [5.41, 5.74) is 5.82. The molecule has 0 atom stereocenters. The van der Waals surface area contributed by atoms with E-state index in [-0.39, 0.29) is 5.54 Å². The van der Waals surface area contributed by atoms with Gasteiger partial charge in [0.05, 0.1) is 5.54 Å². The molecule has 0 aromatic carbocycles. The highest BCUT2D eigenvalue weighted by Crippen LogP contribution is 2.38. The molecule has 1 saturated carbocycles. The van der Waals surface area contributed by atoms with Crippen LogP contribution in [-0.4, -0.2) is 23.2 Å². The number of hydrogen-bond donors (Lipinski definition) is 1. The van der Waals surface area contributed by atoms with Crippen LogP contribution >= 0.6 is 0 Å². The summed E-state index contributed by atoms with van der Waals surface area (Å²) in [4.78, 5) is 6.64. The maximum atomic E-state index is 6.15. The van der Waals surface area contributed by atoms with Crippen LogP contribution in [-0.2, 0) is 5.54 Å². The van der Waals surface area contributed by atoms with E-state index in [1.165, 1.54) is 19.3 Å². The molecule has 5 heteroatoms. The lowest BCUT2D eigenvalue weighted by molar-refractivity contribution is 0.181. The van der Waals surface area contributed by atoms with Gasteiger partial charge in [0.1, 0.15) is 0 Å². The highest BCUT2D eigenvalue weighted by molar-refractivity contribution is 5.29. The monoisotopic (exact) mass is 222 g/mol. The van der Waals surface area contributed by atoms with Gasteiger partial charge in [-0.3, -0.25) is 0 Å². The summed E-state index contributed by atoms with van der Waals surface area (Å²) < 4.78 is 5.30. The molecule has 1 aliphatic carbocycles. The van der Waals surface area contributed by atoms with Gasteiger partial charge in [-0.1, -0.05) is 0 Å². The van der Waals surface area contributed by atoms with E-state index in [0.29, 0.717) is 5.89 Å². The van der Waals surface area contributed by atoms with Crippen LogP contribution in [0, 0.1) is 0 Å². The molecule has 16 heavy (non-hydrogen) atoms. The molecule has 1 aromatic heterocycles. The molecule has 2 N–H and O–H groups in total. The third kappa shape index (κ3) is 1.59. The molecule has 2 fully saturated rings. The molecule has 0 amide bonds. The zero-order chi connectivity index (χ0) is 11.0. The summed E-state index contributed by atoms with van der Waals surface area (Å²) in [6.45, 7) is 2.08. The second-order valence-electron chi connectivity index (χ2n) is 4.96. The fourth-order valence-electron chi connectivity index (χ4n) is 2.41. The number of nitrogens with two attached hydrogens (primary N) is 1. The van der Waals surface area contributed by atoms with Crippen LogP contribution in [0.4, 0.5) is 5.95 Å². The van der Waals surface area contributed by atoms with Gasteiger partial charge in [0, 0.05) is 13.1 Å². The Bertz CT molecular complexity index is 366. The first-order valence-corrected chi connectivity index (χ1v) is 6.16. The van der Waals surface area contributed by atoms with Crippen molar-refractivity contribution in [1.82, 2.24) is 10.1 Å². The molecule has 1 aromatic rings. The Kier molecular flexibility index (Phi) is 2.35. The van der Waals surface area contributed by atoms with Gasteiger partial charge in [-0.15, -0.1) is 0 Å². The maximum Gasteiger partial charge on any atom is 0.266 e. The molecule has 88 valence electrons. The lowest BCUT2D eigenvalue weighted by Gasteiger charge is -2.33. The molecule has 1 saturated heterocycles. The summed E-state index contributed by atoms with van der Waals surface area (Å²) in [5, 5.41) is 4.05. The van der Waals surface area contributed by atoms with E-state index in [1.807, 2.05) is 0 Å². The van der Waals surface area contributed by atoms with E-state index in [4.69, 9.17) is 10.3 Å². The molecule has 1 aliphatic heterocycles. The summed E-state index contributed by atoms with van der Waals surface area (Å²) in [5.74, 6) is 1.35. The number of aromatic nitrogens is 2.